The summed E-state index contributed by atoms with van der Waals surface area (Å²) in [7, 11) is 0. The molecule has 0 unspecified atom stereocenters. The van der Waals surface area contributed by atoms with Crippen molar-refractivity contribution in [2.75, 3.05) is 0 Å². The van der Waals surface area contributed by atoms with Crippen LogP contribution in [0.15, 0.2) is 170 Å². The molecule has 2 fully saturated rings. The summed E-state index contributed by atoms with van der Waals surface area (Å²) in [5.74, 6) is 3.05. The summed E-state index contributed by atoms with van der Waals surface area (Å²) in [5.41, 5.74) is 29.6. The molecular formula is C87H122. The monoisotopic (exact) mass is 1170 g/mol. The van der Waals surface area contributed by atoms with Crippen LogP contribution >= 0.6 is 0 Å². The van der Waals surface area contributed by atoms with Gasteiger partial charge in [-0.2, -0.15) is 0 Å². The van der Waals surface area contributed by atoms with Gasteiger partial charge in [0, 0.05) is 0 Å². The van der Waals surface area contributed by atoms with Crippen LogP contribution < -0.4 is 0 Å². The zero-order valence-corrected chi connectivity index (χ0v) is 59.5. The molecule has 0 aromatic heterocycles. The Kier molecular flexibility index (Phi) is 34.2. The number of hydrogen-bond acceptors (Lipinski definition) is 0. The van der Waals surface area contributed by atoms with Gasteiger partial charge in [-0.1, -0.05) is 278 Å². The van der Waals surface area contributed by atoms with Crippen molar-refractivity contribution in [1.29, 1.82) is 0 Å². The normalized spacial score (nSPS) is 12.5. The molecule has 0 N–H and O–H groups in total. The van der Waals surface area contributed by atoms with Crippen molar-refractivity contribution in [1.82, 2.24) is 0 Å². The SMILES string of the molecule is CCc1cc(C(C)C)cc(CC)c1C.CCc1cc(C)cc(CC)c1C.CCc1ccccc1C.Cc1ccccc1C.Cc1ccccc1C(C)(C)C.Cc1ccccc1C(C)C.Cc1ccccc1C1CCC1.Cc1ccccc1C1CCCC1. The second-order valence-electron chi connectivity index (χ2n) is 26.5. The van der Waals surface area contributed by atoms with Gasteiger partial charge in [-0.25, -0.2) is 0 Å². The average Bonchev–Trinajstić information content (AvgIpc) is 4.22. The Hall–Kier alpha value is -6.24. The van der Waals surface area contributed by atoms with Gasteiger partial charge in [0.1, 0.15) is 0 Å². The molecule has 0 radical (unpaired) electrons. The fourth-order valence-corrected chi connectivity index (χ4v) is 12.0. The fraction of sp³-hybridized carbons (Fsp3) is 0.448. The van der Waals surface area contributed by atoms with Crippen molar-refractivity contribution < 1.29 is 0 Å². The third kappa shape index (κ3) is 25.8. The van der Waals surface area contributed by atoms with Crippen LogP contribution in [0.5, 0.6) is 0 Å². The summed E-state index contributed by atoms with van der Waals surface area (Å²) in [6.07, 6.45) is 15.7. The number of rotatable bonds is 9. The van der Waals surface area contributed by atoms with Crippen LogP contribution in [0.3, 0.4) is 0 Å². The smallest absolute Gasteiger partial charge is 0.0129 e. The van der Waals surface area contributed by atoms with Crippen molar-refractivity contribution in [2.24, 2.45) is 0 Å². The van der Waals surface area contributed by atoms with Gasteiger partial charge < -0.3 is 0 Å². The maximum Gasteiger partial charge on any atom is -0.0129 e. The minimum absolute atomic E-state index is 0.283. The maximum atomic E-state index is 2.37. The molecule has 0 aliphatic heterocycles. The molecule has 0 nitrogen and oxygen atoms in total. The molecule has 0 heterocycles. The van der Waals surface area contributed by atoms with E-state index < -0.39 is 0 Å². The van der Waals surface area contributed by atoms with E-state index >= 15 is 0 Å². The van der Waals surface area contributed by atoms with Crippen molar-refractivity contribution in [2.45, 2.75) is 258 Å². The number of hydrogen-bond donors (Lipinski definition) is 0. The fourth-order valence-electron chi connectivity index (χ4n) is 12.0. The highest BCUT2D eigenvalue weighted by molar-refractivity contribution is 5.41. The standard InChI is InChI=1S/C14H22.C12H16.C12H18.C11H14.C11H16.C10H14.C9H12.C8H10/c1-6-12-8-14(10(3)4)9-13(7-2)11(12)5;1-10-6-2-5-9-12(10)11-7-3-4-8-11;1-5-11-7-9(3)8-12(6-2)10(11)4;1-9-5-2-3-8-11(9)10-6-4-7-10;1-9-7-5-6-8-10(9)11(2,3)4;1-8(2)10-7-5-4-6-9(10)3;1-3-9-7-5-4-6-8(9)2;1-7-5-3-4-6-8(7)2/h8-10H,6-7H2,1-5H3;2,5-6,9,11H,3-4,7-8H2,1H3;7-8H,5-6H2,1-4H3;2-3,5,8,10H,4,6-7H2,1H3;5-8H,1-4H3;4-8H,1-3H3;4-7H,3H2,1-2H3;3-6H,1-2H3. The van der Waals surface area contributed by atoms with Crippen LogP contribution in [0.25, 0.3) is 0 Å². The molecule has 8 aromatic rings. The largest absolute Gasteiger partial charge is 0.0620 e. The van der Waals surface area contributed by atoms with E-state index in [2.05, 4.69) is 322 Å². The molecule has 0 spiro atoms. The molecule has 470 valence electrons. The van der Waals surface area contributed by atoms with Crippen LogP contribution in [0.4, 0.5) is 0 Å². The van der Waals surface area contributed by atoms with E-state index in [1.54, 1.807) is 11.1 Å². The lowest BCUT2D eigenvalue weighted by Crippen LogP contribution is -2.12. The molecule has 0 heteroatoms. The summed E-state index contributed by atoms with van der Waals surface area (Å²) in [4.78, 5) is 0. The van der Waals surface area contributed by atoms with Gasteiger partial charge in [0.2, 0.25) is 0 Å². The Morgan fingerprint density at radius 1 is 0.333 bits per heavy atom. The van der Waals surface area contributed by atoms with E-state index in [-0.39, 0.29) is 5.41 Å². The van der Waals surface area contributed by atoms with Crippen LogP contribution in [-0.4, -0.2) is 0 Å². The minimum atomic E-state index is 0.283. The molecule has 2 aliphatic carbocycles. The Morgan fingerprint density at radius 2 is 0.667 bits per heavy atom. The van der Waals surface area contributed by atoms with Crippen LogP contribution in [0.2, 0.25) is 0 Å². The van der Waals surface area contributed by atoms with Gasteiger partial charge in [-0.15, -0.1) is 0 Å². The Labute approximate surface area is 536 Å². The van der Waals surface area contributed by atoms with Gasteiger partial charge in [0.15, 0.2) is 0 Å². The van der Waals surface area contributed by atoms with Gasteiger partial charge in [-0.3, -0.25) is 0 Å². The van der Waals surface area contributed by atoms with E-state index in [0.717, 1.165) is 43.9 Å². The van der Waals surface area contributed by atoms with Crippen LogP contribution in [-0.2, 0) is 37.5 Å². The average molecular weight is 1170 g/mol. The molecule has 8 aromatic carbocycles. The summed E-state index contributed by atoms with van der Waals surface area (Å²) in [5, 5.41) is 0. The van der Waals surface area contributed by atoms with E-state index in [0.29, 0.717) is 11.8 Å². The highest BCUT2D eigenvalue weighted by Gasteiger charge is 2.20. The predicted molar refractivity (Wildman–Crippen MR) is 390 cm³/mol. The summed E-state index contributed by atoms with van der Waals surface area (Å²) < 4.78 is 0. The van der Waals surface area contributed by atoms with E-state index in [9.17, 15) is 0 Å². The first-order valence-electron chi connectivity index (χ1n) is 33.9. The Bertz CT molecular complexity index is 3120. The minimum Gasteiger partial charge on any atom is -0.0620 e. The first-order chi connectivity index (χ1) is 41.4. The lowest BCUT2D eigenvalue weighted by molar-refractivity contribution is 0.418. The first kappa shape index (κ1) is 75.0. The number of aryl methyl sites for hydroxylation is 13. The summed E-state index contributed by atoms with van der Waals surface area (Å²) in [6, 6.07) is 60.9. The Morgan fingerprint density at radius 3 is 0.954 bits per heavy atom. The number of benzene rings is 8. The highest BCUT2D eigenvalue weighted by Crippen LogP contribution is 2.38. The van der Waals surface area contributed by atoms with Gasteiger partial charge in [0.25, 0.3) is 0 Å². The van der Waals surface area contributed by atoms with Crippen molar-refractivity contribution in [3.8, 4) is 0 Å². The molecule has 0 atom stereocenters. The molecule has 87 heavy (non-hydrogen) atoms. The maximum absolute atomic E-state index is 2.37. The zero-order valence-electron chi connectivity index (χ0n) is 59.5. The van der Waals surface area contributed by atoms with Crippen molar-refractivity contribution in [3.05, 3.63) is 281 Å². The van der Waals surface area contributed by atoms with Crippen LogP contribution in [0, 0.1) is 69.2 Å². The van der Waals surface area contributed by atoms with Gasteiger partial charge in [0.05, 0.1) is 0 Å². The molecule has 2 saturated carbocycles. The Balaban J connectivity index is 0.000000261. The second kappa shape index (κ2) is 39.6. The summed E-state index contributed by atoms with van der Waals surface area (Å²) >= 11 is 0. The summed E-state index contributed by atoms with van der Waals surface area (Å²) in [6.45, 7) is 48.7. The lowest BCUT2D eigenvalue weighted by Gasteiger charge is -2.27. The highest BCUT2D eigenvalue weighted by atomic mass is 14.3. The van der Waals surface area contributed by atoms with Crippen LogP contribution in [0.1, 0.15) is 263 Å². The second-order valence-corrected chi connectivity index (χ2v) is 26.5. The zero-order chi connectivity index (χ0) is 64.6. The van der Waals surface area contributed by atoms with E-state index in [1.165, 1.54) is 145 Å². The topological polar surface area (TPSA) is 0 Å². The van der Waals surface area contributed by atoms with E-state index in [1.807, 2.05) is 0 Å². The lowest BCUT2D eigenvalue weighted by atomic mass is 9.78. The molecule has 0 bridgehead atoms. The van der Waals surface area contributed by atoms with Gasteiger partial charge >= 0.3 is 0 Å². The predicted octanol–water partition coefficient (Wildman–Crippen LogP) is 25.9. The molecule has 0 amide bonds. The third-order valence-electron chi connectivity index (χ3n) is 18.2. The van der Waals surface area contributed by atoms with Gasteiger partial charge in [-0.05, 0) is 262 Å². The third-order valence-corrected chi connectivity index (χ3v) is 18.2. The molecule has 0 saturated heterocycles. The molecular weight excluding hydrogens is 1040 g/mol. The van der Waals surface area contributed by atoms with Crippen molar-refractivity contribution in [3.63, 3.8) is 0 Å². The quantitative estimate of drug-likeness (QED) is 0.135. The molecule has 10 rings (SSSR count). The first-order valence-corrected chi connectivity index (χ1v) is 33.9. The van der Waals surface area contributed by atoms with E-state index in [4.69, 9.17) is 0 Å². The van der Waals surface area contributed by atoms with Crippen molar-refractivity contribution >= 4 is 0 Å². The molecule has 2 aliphatic rings.